The number of aliphatic imine (C=N–C) groups is 1. The van der Waals surface area contributed by atoms with Gasteiger partial charge in [0.05, 0.1) is 13.1 Å². The average Bonchev–Trinajstić information content (AvgIpc) is 3.25. The molecule has 1 heterocycles. The summed E-state index contributed by atoms with van der Waals surface area (Å²) in [5, 5.41) is 19.3. The summed E-state index contributed by atoms with van der Waals surface area (Å²) in [5.41, 5.74) is 1.62. The van der Waals surface area contributed by atoms with E-state index >= 15 is 0 Å². The van der Waals surface area contributed by atoms with Gasteiger partial charge in [0.1, 0.15) is 5.60 Å². The maximum atomic E-state index is 10.7. The molecule has 0 saturated carbocycles. The van der Waals surface area contributed by atoms with Crippen LogP contribution in [0.5, 0.6) is 0 Å². The molecule has 5 nitrogen and oxygen atoms in total. The van der Waals surface area contributed by atoms with Crippen molar-refractivity contribution in [3.05, 3.63) is 57.8 Å². The Bertz CT molecular complexity index is 730. The number of benzene rings is 1. The van der Waals surface area contributed by atoms with Crippen LogP contribution in [0.1, 0.15) is 43.7 Å². The monoisotopic (exact) mass is 530 g/mol. The van der Waals surface area contributed by atoms with Gasteiger partial charge in [0.2, 0.25) is 0 Å². The van der Waals surface area contributed by atoms with Crippen LogP contribution in [0.25, 0.3) is 0 Å². The van der Waals surface area contributed by atoms with Crippen LogP contribution in [0.15, 0.2) is 46.8 Å². The van der Waals surface area contributed by atoms with Crippen molar-refractivity contribution in [1.82, 2.24) is 15.5 Å². The van der Waals surface area contributed by atoms with E-state index in [-0.39, 0.29) is 24.0 Å². The third-order valence-electron chi connectivity index (χ3n) is 4.81. The highest BCUT2D eigenvalue weighted by Crippen LogP contribution is 2.24. The normalized spacial score (nSPS) is 13.7. The molecule has 0 aliphatic rings. The number of nitrogens with zero attached hydrogens (tertiary/aromatic N) is 2. The molecule has 0 bridgehead atoms. The van der Waals surface area contributed by atoms with Crippen LogP contribution >= 0.6 is 35.3 Å². The van der Waals surface area contributed by atoms with E-state index in [1.807, 2.05) is 31.4 Å². The molecular formula is C22H35IN4OS. The average molecular weight is 531 g/mol. The number of thiophene rings is 1. The lowest BCUT2D eigenvalue weighted by atomic mass is 10.1. The standard InChI is InChI=1S/C22H34N4OS.HI/c1-5-23-21(25-17-22(4,27)20-13-10-14-28-20)24-15-18-11-8-9-12-19(18)16-26(6-2)7-3;/h8-14,27H,5-7,15-17H2,1-4H3,(H2,23,24,25);1H. The van der Waals surface area contributed by atoms with Gasteiger partial charge in [-0.3, -0.25) is 4.90 Å². The Labute approximate surface area is 196 Å². The van der Waals surface area contributed by atoms with E-state index in [9.17, 15) is 5.11 Å². The number of hydrogen-bond acceptors (Lipinski definition) is 4. The second kappa shape index (κ2) is 13.2. The van der Waals surface area contributed by atoms with Gasteiger partial charge in [0, 0.05) is 18.0 Å². The fourth-order valence-electron chi connectivity index (χ4n) is 2.99. The molecule has 1 aromatic carbocycles. The van der Waals surface area contributed by atoms with Crippen molar-refractivity contribution in [2.45, 2.75) is 46.4 Å². The Morgan fingerprint density at radius 3 is 2.34 bits per heavy atom. The molecule has 2 rings (SSSR count). The molecule has 0 saturated heterocycles. The summed E-state index contributed by atoms with van der Waals surface area (Å²) in [5.74, 6) is 0.719. The van der Waals surface area contributed by atoms with E-state index in [2.05, 4.69) is 53.6 Å². The van der Waals surface area contributed by atoms with Gasteiger partial charge >= 0.3 is 0 Å². The fourth-order valence-corrected chi connectivity index (χ4v) is 3.77. The van der Waals surface area contributed by atoms with Gasteiger partial charge < -0.3 is 15.7 Å². The van der Waals surface area contributed by atoms with Crippen LogP contribution in [-0.4, -0.2) is 42.1 Å². The van der Waals surface area contributed by atoms with Crippen LogP contribution in [0.2, 0.25) is 0 Å². The van der Waals surface area contributed by atoms with Crippen molar-refractivity contribution in [2.24, 2.45) is 4.99 Å². The molecule has 0 spiro atoms. The van der Waals surface area contributed by atoms with Gasteiger partial charge in [-0.1, -0.05) is 44.2 Å². The highest BCUT2D eigenvalue weighted by molar-refractivity contribution is 14.0. The molecule has 29 heavy (non-hydrogen) atoms. The maximum absolute atomic E-state index is 10.7. The number of rotatable bonds is 10. The zero-order chi connectivity index (χ0) is 20.4. The van der Waals surface area contributed by atoms with E-state index in [4.69, 9.17) is 4.99 Å². The van der Waals surface area contributed by atoms with Crippen molar-refractivity contribution in [3.8, 4) is 0 Å². The molecule has 1 atom stereocenters. The summed E-state index contributed by atoms with van der Waals surface area (Å²) < 4.78 is 0. The van der Waals surface area contributed by atoms with Crippen molar-refractivity contribution in [1.29, 1.82) is 0 Å². The van der Waals surface area contributed by atoms with Gasteiger partial charge in [-0.2, -0.15) is 0 Å². The zero-order valence-corrected chi connectivity index (χ0v) is 21.1. The highest BCUT2D eigenvalue weighted by Gasteiger charge is 2.24. The van der Waals surface area contributed by atoms with Crippen LogP contribution < -0.4 is 10.6 Å². The first-order valence-electron chi connectivity index (χ1n) is 10.1. The molecule has 0 radical (unpaired) electrons. The van der Waals surface area contributed by atoms with Crippen molar-refractivity contribution < 1.29 is 5.11 Å². The van der Waals surface area contributed by atoms with Crippen LogP contribution in [0.3, 0.4) is 0 Å². The van der Waals surface area contributed by atoms with E-state index in [0.717, 1.165) is 37.0 Å². The molecule has 0 aliphatic heterocycles. The van der Waals surface area contributed by atoms with Gasteiger partial charge in [-0.25, -0.2) is 4.99 Å². The minimum atomic E-state index is -0.926. The smallest absolute Gasteiger partial charge is 0.191 e. The van der Waals surface area contributed by atoms with E-state index < -0.39 is 5.60 Å². The molecule has 2 aromatic rings. The van der Waals surface area contributed by atoms with Crippen LogP contribution in [0, 0.1) is 0 Å². The minimum absolute atomic E-state index is 0. The Morgan fingerprint density at radius 1 is 1.07 bits per heavy atom. The predicted octanol–water partition coefficient (Wildman–Crippen LogP) is 4.17. The number of guanidine groups is 1. The van der Waals surface area contributed by atoms with E-state index in [1.165, 1.54) is 11.1 Å². The molecule has 3 N–H and O–H groups in total. The van der Waals surface area contributed by atoms with E-state index in [0.29, 0.717) is 13.1 Å². The molecule has 162 valence electrons. The fraction of sp³-hybridized carbons (Fsp3) is 0.500. The lowest BCUT2D eigenvalue weighted by Crippen LogP contribution is -2.44. The molecule has 7 heteroatoms. The molecule has 0 amide bonds. The summed E-state index contributed by atoms with van der Waals surface area (Å²) in [6, 6.07) is 12.4. The summed E-state index contributed by atoms with van der Waals surface area (Å²) in [6.45, 7) is 13.1. The SMILES string of the molecule is CCNC(=NCc1ccccc1CN(CC)CC)NCC(C)(O)c1cccs1.I. The molecule has 1 aromatic heterocycles. The summed E-state index contributed by atoms with van der Waals surface area (Å²) >= 11 is 1.56. The van der Waals surface area contributed by atoms with Crippen LogP contribution in [-0.2, 0) is 18.7 Å². The highest BCUT2D eigenvalue weighted by atomic mass is 127. The first-order valence-corrected chi connectivity index (χ1v) is 11.0. The summed E-state index contributed by atoms with van der Waals surface area (Å²) in [4.78, 5) is 8.11. The summed E-state index contributed by atoms with van der Waals surface area (Å²) in [6.07, 6.45) is 0. The number of aliphatic hydroxyl groups is 1. The largest absolute Gasteiger partial charge is 0.383 e. The number of nitrogens with one attached hydrogen (secondary N) is 2. The van der Waals surface area contributed by atoms with Crippen LogP contribution in [0.4, 0.5) is 0 Å². The second-order valence-electron chi connectivity index (χ2n) is 7.03. The van der Waals surface area contributed by atoms with E-state index in [1.54, 1.807) is 11.3 Å². The maximum Gasteiger partial charge on any atom is 0.191 e. The molecule has 0 fully saturated rings. The number of hydrogen-bond donors (Lipinski definition) is 3. The predicted molar refractivity (Wildman–Crippen MR) is 135 cm³/mol. The Kier molecular flexibility index (Phi) is 11.8. The molecular weight excluding hydrogens is 495 g/mol. The second-order valence-corrected chi connectivity index (χ2v) is 7.98. The van der Waals surface area contributed by atoms with Gasteiger partial charge in [0.15, 0.2) is 5.96 Å². The minimum Gasteiger partial charge on any atom is -0.383 e. The van der Waals surface area contributed by atoms with Crippen molar-refractivity contribution in [3.63, 3.8) is 0 Å². The third kappa shape index (κ3) is 8.24. The van der Waals surface area contributed by atoms with Gasteiger partial charge in [-0.05, 0) is 49.5 Å². The quantitative estimate of drug-likeness (QED) is 0.245. The Hall–Kier alpha value is -1.16. The zero-order valence-electron chi connectivity index (χ0n) is 17.9. The van der Waals surface area contributed by atoms with Gasteiger partial charge in [0.25, 0.3) is 0 Å². The Balaban J connectivity index is 0.00000420. The Morgan fingerprint density at radius 2 is 1.76 bits per heavy atom. The summed E-state index contributed by atoms with van der Waals surface area (Å²) in [7, 11) is 0. The van der Waals surface area contributed by atoms with Crippen molar-refractivity contribution in [2.75, 3.05) is 26.2 Å². The lowest BCUT2D eigenvalue weighted by Gasteiger charge is -2.24. The molecule has 1 unspecified atom stereocenters. The topological polar surface area (TPSA) is 59.9 Å². The van der Waals surface area contributed by atoms with Crippen molar-refractivity contribution >= 4 is 41.3 Å². The number of halogens is 1. The van der Waals surface area contributed by atoms with Gasteiger partial charge in [-0.15, -0.1) is 35.3 Å². The third-order valence-corrected chi connectivity index (χ3v) is 5.93. The molecule has 0 aliphatic carbocycles. The first-order chi connectivity index (χ1) is 13.5. The lowest BCUT2D eigenvalue weighted by molar-refractivity contribution is 0.0655. The first kappa shape index (κ1) is 25.9.